The van der Waals surface area contributed by atoms with Crippen LogP contribution in [-0.4, -0.2) is 0 Å². The van der Waals surface area contributed by atoms with Crippen molar-refractivity contribution in [3.05, 3.63) is 83.9 Å². The van der Waals surface area contributed by atoms with Crippen molar-refractivity contribution < 1.29 is 0 Å². The van der Waals surface area contributed by atoms with E-state index in [2.05, 4.69) is 93.6 Å². The third-order valence-electron chi connectivity index (χ3n) is 4.26. The maximum Gasteiger partial charge on any atom is -0.0146 e. The van der Waals surface area contributed by atoms with Gasteiger partial charge in [-0.15, -0.1) is 0 Å². The Bertz CT molecular complexity index is 753. The fourth-order valence-corrected chi connectivity index (χ4v) is 3.05. The summed E-state index contributed by atoms with van der Waals surface area (Å²) in [5, 5.41) is 0. The Labute approximate surface area is 133 Å². The van der Waals surface area contributed by atoms with Crippen molar-refractivity contribution in [3.8, 4) is 22.3 Å². The van der Waals surface area contributed by atoms with E-state index in [-0.39, 0.29) is 0 Å². The molecule has 0 unspecified atom stereocenters. The standard InChI is InChI=1S/C22H22/c1-16(2)21-14-20(18-10-6-4-7-11-18)15-22(17(21)3)19-12-8-5-9-13-19/h4-16H,1-3H3. The van der Waals surface area contributed by atoms with E-state index in [0.717, 1.165) is 0 Å². The molecule has 0 heterocycles. The summed E-state index contributed by atoms with van der Waals surface area (Å²) < 4.78 is 0. The predicted molar refractivity (Wildman–Crippen MR) is 96.1 cm³/mol. The van der Waals surface area contributed by atoms with Gasteiger partial charge >= 0.3 is 0 Å². The molecular formula is C22H22. The van der Waals surface area contributed by atoms with Crippen LogP contribution >= 0.6 is 0 Å². The van der Waals surface area contributed by atoms with Crippen LogP contribution < -0.4 is 0 Å². The monoisotopic (exact) mass is 286 g/mol. The Morgan fingerprint density at radius 1 is 0.636 bits per heavy atom. The van der Waals surface area contributed by atoms with Gasteiger partial charge in [0, 0.05) is 0 Å². The van der Waals surface area contributed by atoms with Crippen LogP contribution in [0.25, 0.3) is 22.3 Å². The molecule has 22 heavy (non-hydrogen) atoms. The Morgan fingerprint density at radius 2 is 1.18 bits per heavy atom. The summed E-state index contributed by atoms with van der Waals surface area (Å²) in [6.07, 6.45) is 0. The minimum atomic E-state index is 0.520. The van der Waals surface area contributed by atoms with E-state index in [1.165, 1.54) is 33.4 Å². The summed E-state index contributed by atoms with van der Waals surface area (Å²) in [5.74, 6) is 0.520. The number of rotatable bonds is 3. The van der Waals surface area contributed by atoms with E-state index in [9.17, 15) is 0 Å². The SMILES string of the molecule is Cc1c(-c2ccccc2)cc(-c2ccccc2)cc1C(C)C. The minimum absolute atomic E-state index is 0.520. The average molecular weight is 286 g/mol. The molecule has 0 aliphatic carbocycles. The van der Waals surface area contributed by atoms with Gasteiger partial charge in [0.1, 0.15) is 0 Å². The Hall–Kier alpha value is -2.34. The Kier molecular flexibility index (Phi) is 4.11. The lowest BCUT2D eigenvalue weighted by Crippen LogP contribution is -1.96. The van der Waals surface area contributed by atoms with Gasteiger partial charge in [-0.1, -0.05) is 80.6 Å². The van der Waals surface area contributed by atoms with E-state index >= 15 is 0 Å². The van der Waals surface area contributed by atoms with Crippen molar-refractivity contribution in [2.24, 2.45) is 0 Å². The second-order valence-electron chi connectivity index (χ2n) is 6.12. The fourth-order valence-electron chi connectivity index (χ4n) is 3.05. The van der Waals surface area contributed by atoms with Gasteiger partial charge in [0.05, 0.1) is 0 Å². The van der Waals surface area contributed by atoms with Crippen LogP contribution in [0, 0.1) is 6.92 Å². The molecule has 3 rings (SSSR count). The maximum absolute atomic E-state index is 2.35. The zero-order valence-electron chi connectivity index (χ0n) is 13.5. The molecule has 0 saturated carbocycles. The molecule has 0 aromatic heterocycles. The quantitative estimate of drug-likeness (QED) is 0.519. The summed E-state index contributed by atoms with van der Waals surface area (Å²) in [6.45, 7) is 6.78. The Morgan fingerprint density at radius 3 is 1.73 bits per heavy atom. The lowest BCUT2D eigenvalue weighted by Gasteiger charge is -2.17. The lowest BCUT2D eigenvalue weighted by molar-refractivity contribution is 0.857. The van der Waals surface area contributed by atoms with Crippen LogP contribution in [-0.2, 0) is 0 Å². The molecule has 0 N–H and O–H groups in total. The van der Waals surface area contributed by atoms with Gasteiger partial charge in [-0.2, -0.15) is 0 Å². The molecule has 0 aliphatic rings. The highest BCUT2D eigenvalue weighted by Crippen LogP contribution is 2.34. The molecule has 0 atom stereocenters. The topological polar surface area (TPSA) is 0 Å². The first-order chi connectivity index (χ1) is 10.7. The van der Waals surface area contributed by atoms with Gasteiger partial charge in [-0.25, -0.2) is 0 Å². The smallest absolute Gasteiger partial charge is 0.0146 e. The van der Waals surface area contributed by atoms with Crippen molar-refractivity contribution in [2.75, 3.05) is 0 Å². The van der Waals surface area contributed by atoms with Gasteiger partial charge in [0.2, 0.25) is 0 Å². The molecule has 110 valence electrons. The van der Waals surface area contributed by atoms with E-state index in [4.69, 9.17) is 0 Å². The first kappa shape index (κ1) is 14.6. The summed E-state index contributed by atoms with van der Waals surface area (Å²) in [7, 11) is 0. The molecule has 0 fully saturated rings. The van der Waals surface area contributed by atoms with Crippen LogP contribution in [0.3, 0.4) is 0 Å². The van der Waals surface area contributed by atoms with E-state index in [1.807, 2.05) is 0 Å². The van der Waals surface area contributed by atoms with Crippen LogP contribution in [0.4, 0.5) is 0 Å². The molecular weight excluding hydrogens is 264 g/mol. The normalized spacial score (nSPS) is 10.9. The van der Waals surface area contributed by atoms with Gasteiger partial charge in [-0.3, -0.25) is 0 Å². The molecule has 0 saturated heterocycles. The van der Waals surface area contributed by atoms with Crippen molar-refractivity contribution in [1.29, 1.82) is 0 Å². The molecule has 0 nitrogen and oxygen atoms in total. The zero-order valence-corrected chi connectivity index (χ0v) is 13.5. The van der Waals surface area contributed by atoms with E-state index in [0.29, 0.717) is 5.92 Å². The van der Waals surface area contributed by atoms with Crippen LogP contribution in [0.2, 0.25) is 0 Å². The molecule has 0 bridgehead atoms. The second-order valence-corrected chi connectivity index (χ2v) is 6.12. The minimum Gasteiger partial charge on any atom is -0.0622 e. The van der Waals surface area contributed by atoms with E-state index < -0.39 is 0 Å². The molecule has 0 amide bonds. The summed E-state index contributed by atoms with van der Waals surface area (Å²) in [4.78, 5) is 0. The zero-order chi connectivity index (χ0) is 15.5. The van der Waals surface area contributed by atoms with Crippen molar-refractivity contribution in [2.45, 2.75) is 26.7 Å². The summed E-state index contributed by atoms with van der Waals surface area (Å²) >= 11 is 0. The molecule has 0 spiro atoms. The van der Waals surface area contributed by atoms with Crippen molar-refractivity contribution >= 4 is 0 Å². The number of hydrogen-bond acceptors (Lipinski definition) is 0. The molecule has 0 aliphatic heterocycles. The largest absolute Gasteiger partial charge is 0.0622 e. The predicted octanol–water partition coefficient (Wildman–Crippen LogP) is 6.45. The maximum atomic E-state index is 2.35. The molecule has 3 aromatic rings. The highest BCUT2D eigenvalue weighted by Gasteiger charge is 2.12. The van der Waals surface area contributed by atoms with Gasteiger partial charge in [0.25, 0.3) is 0 Å². The summed E-state index contributed by atoms with van der Waals surface area (Å²) in [5.41, 5.74) is 8.03. The van der Waals surface area contributed by atoms with Crippen LogP contribution in [0.1, 0.15) is 30.9 Å². The number of hydrogen-bond donors (Lipinski definition) is 0. The van der Waals surface area contributed by atoms with Crippen LogP contribution in [0.5, 0.6) is 0 Å². The summed E-state index contributed by atoms with van der Waals surface area (Å²) in [6, 6.07) is 26.0. The second kappa shape index (κ2) is 6.19. The van der Waals surface area contributed by atoms with E-state index in [1.54, 1.807) is 0 Å². The van der Waals surface area contributed by atoms with Crippen LogP contribution in [0.15, 0.2) is 72.8 Å². The van der Waals surface area contributed by atoms with Gasteiger partial charge in [-0.05, 0) is 52.3 Å². The Balaban J connectivity index is 2.24. The fraction of sp³-hybridized carbons (Fsp3) is 0.182. The highest BCUT2D eigenvalue weighted by atomic mass is 14.2. The lowest BCUT2D eigenvalue weighted by atomic mass is 9.87. The molecule has 0 heteroatoms. The van der Waals surface area contributed by atoms with Gasteiger partial charge in [0.15, 0.2) is 0 Å². The number of benzene rings is 3. The van der Waals surface area contributed by atoms with Crippen molar-refractivity contribution in [1.82, 2.24) is 0 Å². The molecule has 3 aromatic carbocycles. The van der Waals surface area contributed by atoms with Gasteiger partial charge < -0.3 is 0 Å². The average Bonchev–Trinajstić information content (AvgIpc) is 2.56. The van der Waals surface area contributed by atoms with Crippen molar-refractivity contribution in [3.63, 3.8) is 0 Å². The highest BCUT2D eigenvalue weighted by molar-refractivity contribution is 5.77. The molecule has 0 radical (unpaired) electrons. The first-order valence-corrected chi connectivity index (χ1v) is 7.92. The third kappa shape index (κ3) is 2.82. The third-order valence-corrected chi connectivity index (χ3v) is 4.26. The first-order valence-electron chi connectivity index (χ1n) is 7.92.